The van der Waals surface area contributed by atoms with Crippen LogP contribution in [0, 0.1) is 6.92 Å². The Morgan fingerprint density at radius 3 is 2.23 bits per heavy atom. The van der Waals surface area contributed by atoms with E-state index in [-0.39, 0.29) is 18.8 Å². The Balaban J connectivity index is 1.63. The number of ether oxygens (including phenoxy) is 3. The highest BCUT2D eigenvalue weighted by atomic mass is 32.2. The largest absolute Gasteiger partial charge is 0.464 e. The number of β-lactam (4-membered cyclic amide) rings is 1. The van der Waals surface area contributed by atoms with Crippen LogP contribution in [0.15, 0.2) is 72.6 Å². The van der Waals surface area contributed by atoms with Gasteiger partial charge in [0.15, 0.2) is 11.8 Å². The number of aromatic nitrogens is 2. The third-order valence-corrected chi connectivity index (χ3v) is 9.08. The van der Waals surface area contributed by atoms with Gasteiger partial charge in [-0.25, -0.2) is 14.9 Å². The second-order valence-corrected chi connectivity index (χ2v) is 13.7. The summed E-state index contributed by atoms with van der Waals surface area (Å²) < 4.78 is 20.0. The molecule has 0 spiro atoms. The molecule has 3 atom stereocenters. The molecule has 14 heteroatoms. The van der Waals surface area contributed by atoms with Gasteiger partial charge in [-0.05, 0) is 45.7 Å². The van der Waals surface area contributed by atoms with Crippen LogP contribution in [0.2, 0.25) is 0 Å². The van der Waals surface area contributed by atoms with E-state index in [1.165, 1.54) is 16.7 Å². The number of esters is 1. The Morgan fingerprint density at radius 1 is 1.04 bits per heavy atom. The van der Waals surface area contributed by atoms with Crippen LogP contribution in [0.3, 0.4) is 0 Å². The standard InChI is InChI=1S/C34H37N5O8S/c1-21-18-38(37(16-17-45-20-41)29(21)35-19-40)26-22(2)48-31-25(36-33(44)47-34(3,4)5)30(42)39(31)27(26)32(43)46-28(23-12-8-6-9-13-23)24-14-10-7-11-15-24/h6-15,18-20,22,25,28,31H,16-17H2,1-5H3,(H,36,44)/p+1/t22?,25-,31-/m1/s1. The number of amides is 3. The number of nitrogens with one attached hydrogen (secondary N) is 2. The Hall–Kier alpha value is -5.11. The third kappa shape index (κ3) is 7.08. The summed E-state index contributed by atoms with van der Waals surface area (Å²) in [6, 6.07) is 17.6. The molecule has 2 aliphatic heterocycles. The van der Waals surface area contributed by atoms with Gasteiger partial charge in [-0.1, -0.05) is 60.7 Å². The molecular weight excluding hydrogens is 638 g/mol. The molecule has 5 rings (SSSR count). The first-order valence-electron chi connectivity index (χ1n) is 15.4. The minimum Gasteiger partial charge on any atom is -0.464 e. The van der Waals surface area contributed by atoms with E-state index in [0.717, 1.165) is 11.1 Å². The van der Waals surface area contributed by atoms with Gasteiger partial charge in [0.2, 0.25) is 0 Å². The summed E-state index contributed by atoms with van der Waals surface area (Å²) in [5.74, 6) is -0.877. The van der Waals surface area contributed by atoms with E-state index >= 15 is 0 Å². The maximum absolute atomic E-state index is 14.6. The molecule has 1 aromatic heterocycles. The lowest BCUT2D eigenvalue weighted by Crippen LogP contribution is -2.71. The number of anilines is 1. The predicted octanol–water partition coefficient (Wildman–Crippen LogP) is 3.52. The van der Waals surface area contributed by atoms with E-state index in [1.807, 2.05) is 67.6 Å². The molecule has 0 aliphatic carbocycles. The van der Waals surface area contributed by atoms with Crippen molar-refractivity contribution in [1.29, 1.82) is 0 Å². The van der Waals surface area contributed by atoms with Gasteiger partial charge in [0.25, 0.3) is 18.8 Å². The molecule has 252 valence electrons. The third-order valence-electron chi connectivity index (χ3n) is 7.69. The summed E-state index contributed by atoms with van der Waals surface area (Å²) in [6.45, 7) is 9.22. The van der Waals surface area contributed by atoms with Crippen molar-refractivity contribution >= 4 is 54.1 Å². The first kappa shape index (κ1) is 34.2. The highest BCUT2D eigenvalue weighted by Gasteiger charge is 2.57. The average Bonchev–Trinajstić information content (AvgIpc) is 3.35. The zero-order valence-electron chi connectivity index (χ0n) is 27.2. The van der Waals surface area contributed by atoms with Crippen LogP contribution >= 0.6 is 11.8 Å². The van der Waals surface area contributed by atoms with Gasteiger partial charge in [-0.3, -0.25) is 19.3 Å². The van der Waals surface area contributed by atoms with Crippen LogP contribution in [-0.4, -0.2) is 69.3 Å². The van der Waals surface area contributed by atoms with Gasteiger partial charge in [0.05, 0.1) is 17.0 Å². The normalized spacial score (nSPS) is 18.8. The number of nitrogens with zero attached hydrogens (tertiary/aromatic N) is 3. The number of hydrogen-bond donors (Lipinski definition) is 2. The van der Waals surface area contributed by atoms with Gasteiger partial charge >= 0.3 is 17.9 Å². The molecule has 3 heterocycles. The van der Waals surface area contributed by atoms with E-state index in [0.29, 0.717) is 30.0 Å². The van der Waals surface area contributed by atoms with Gasteiger partial charge in [-0.15, -0.1) is 16.4 Å². The molecule has 3 aromatic rings. The summed E-state index contributed by atoms with van der Waals surface area (Å²) in [7, 11) is 0. The van der Waals surface area contributed by atoms with Crippen molar-refractivity contribution in [2.24, 2.45) is 0 Å². The Morgan fingerprint density at radius 2 is 1.67 bits per heavy atom. The van der Waals surface area contributed by atoms with Gasteiger partial charge in [-0.2, -0.15) is 4.68 Å². The van der Waals surface area contributed by atoms with Gasteiger partial charge in [0.1, 0.15) is 35.9 Å². The van der Waals surface area contributed by atoms with E-state index in [1.54, 1.807) is 43.3 Å². The van der Waals surface area contributed by atoms with Crippen molar-refractivity contribution in [3.63, 3.8) is 0 Å². The molecule has 1 saturated heterocycles. The lowest BCUT2D eigenvalue weighted by molar-refractivity contribution is -0.753. The fourth-order valence-corrected chi connectivity index (χ4v) is 7.16. The van der Waals surface area contributed by atoms with Crippen molar-refractivity contribution in [2.75, 3.05) is 11.9 Å². The van der Waals surface area contributed by atoms with Crippen molar-refractivity contribution in [1.82, 2.24) is 14.9 Å². The average molecular weight is 677 g/mol. The first-order chi connectivity index (χ1) is 22.9. The maximum Gasteiger partial charge on any atom is 0.408 e. The number of carbonyl (C=O) groups is 5. The molecule has 3 amide bonds. The lowest BCUT2D eigenvalue weighted by atomic mass is 10.0. The second kappa shape index (κ2) is 14.3. The quantitative estimate of drug-likeness (QED) is 0.0734. The fourth-order valence-electron chi connectivity index (χ4n) is 5.72. The predicted molar refractivity (Wildman–Crippen MR) is 176 cm³/mol. The topological polar surface area (TPSA) is 149 Å². The smallest absolute Gasteiger partial charge is 0.408 e. The number of thioether (sulfide) groups is 1. The number of fused-ring (bicyclic) bond motifs is 1. The molecule has 0 saturated carbocycles. The Bertz CT molecular complexity index is 1680. The van der Waals surface area contributed by atoms with Crippen LogP contribution in [-0.2, 0) is 39.9 Å². The fraction of sp³-hybridized carbons (Fsp3) is 0.353. The van der Waals surface area contributed by atoms with Crippen LogP contribution < -0.4 is 15.3 Å². The molecule has 2 aliphatic rings. The Labute approximate surface area is 282 Å². The van der Waals surface area contributed by atoms with E-state index in [4.69, 9.17) is 14.2 Å². The van der Waals surface area contributed by atoms with E-state index < -0.39 is 46.3 Å². The maximum atomic E-state index is 14.6. The van der Waals surface area contributed by atoms with E-state index in [9.17, 15) is 24.0 Å². The highest BCUT2D eigenvalue weighted by molar-refractivity contribution is 8.01. The molecule has 2 aromatic carbocycles. The molecular formula is C34H38N5O8S+. The zero-order valence-corrected chi connectivity index (χ0v) is 28.1. The molecule has 2 N–H and O–H groups in total. The summed E-state index contributed by atoms with van der Waals surface area (Å²) in [5.41, 5.74) is 1.70. The summed E-state index contributed by atoms with van der Waals surface area (Å²) in [6.07, 6.45) is 0.688. The van der Waals surface area contributed by atoms with Crippen LogP contribution in [0.1, 0.15) is 50.5 Å². The van der Waals surface area contributed by atoms with Crippen LogP contribution in [0.5, 0.6) is 0 Å². The van der Waals surface area contributed by atoms with Gasteiger partial charge in [0, 0.05) is 0 Å². The minimum absolute atomic E-state index is 0.0203. The van der Waals surface area contributed by atoms with E-state index in [2.05, 4.69) is 10.6 Å². The number of rotatable bonds is 12. The summed E-state index contributed by atoms with van der Waals surface area (Å²) in [5, 5.41) is 4.27. The number of benzene rings is 2. The monoisotopic (exact) mass is 676 g/mol. The number of carbonyl (C=O) groups excluding carboxylic acids is 5. The number of aryl methyl sites for hydroxylation is 1. The molecule has 1 fully saturated rings. The van der Waals surface area contributed by atoms with Crippen molar-refractivity contribution in [2.45, 2.75) is 69.5 Å². The molecule has 13 nitrogen and oxygen atoms in total. The number of alkyl carbamates (subject to hydrolysis) is 1. The highest BCUT2D eigenvalue weighted by Crippen LogP contribution is 2.46. The van der Waals surface area contributed by atoms with Crippen LogP contribution in [0.25, 0.3) is 5.70 Å². The first-order valence-corrected chi connectivity index (χ1v) is 16.3. The number of hydrogen-bond acceptors (Lipinski definition) is 9. The van der Waals surface area contributed by atoms with Gasteiger partial charge < -0.3 is 19.5 Å². The van der Waals surface area contributed by atoms with Crippen molar-refractivity contribution < 1.29 is 42.9 Å². The minimum atomic E-state index is -0.956. The lowest BCUT2D eigenvalue weighted by Gasteiger charge is -2.51. The van der Waals surface area contributed by atoms with Crippen molar-refractivity contribution in [3.05, 3.63) is 89.2 Å². The van der Waals surface area contributed by atoms with Crippen molar-refractivity contribution in [3.8, 4) is 0 Å². The summed E-state index contributed by atoms with van der Waals surface area (Å²) in [4.78, 5) is 65.0. The molecule has 1 unspecified atom stereocenters. The molecule has 0 radical (unpaired) electrons. The molecule has 0 bridgehead atoms. The molecule has 48 heavy (non-hydrogen) atoms. The Kier molecular flexibility index (Phi) is 10.2. The zero-order chi connectivity index (χ0) is 34.6. The SMILES string of the molecule is Cc1cn(C2=C(C(=O)OC(c3ccccc3)c3ccccc3)N3C(=O)[C@@H](NC(=O)OC(C)(C)C)[C@H]3SC2C)[n+](CCOC=O)c1NC=O. The summed E-state index contributed by atoms with van der Waals surface area (Å²) >= 11 is 1.37. The second-order valence-electron chi connectivity index (χ2n) is 12.2. The van der Waals surface area contributed by atoms with Crippen LogP contribution in [0.4, 0.5) is 10.6 Å².